The quantitative estimate of drug-likeness (QED) is 0.828. The Hall–Kier alpha value is -2.31. The molecule has 0 aliphatic carbocycles. The van der Waals surface area contributed by atoms with Gasteiger partial charge in [-0.2, -0.15) is 0 Å². The van der Waals surface area contributed by atoms with Crippen LogP contribution in [0.3, 0.4) is 0 Å². The zero-order chi connectivity index (χ0) is 20.2. The first-order chi connectivity index (χ1) is 12.7. The molecule has 1 aromatic heterocycles. The van der Waals surface area contributed by atoms with Gasteiger partial charge in [-0.25, -0.2) is 9.78 Å². The number of amides is 2. The third-order valence-electron chi connectivity index (χ3n) is 4.67. The van der Waals surface area contributed by atoms with E-state index in [0.717, 1.165) is 37.3 Å². The van der Waals surface area contributed by atoms with Crippen LogP contribution in [0.5, 0.6) is 0 Å². The van der Waals surface area contributed by atoms with Crippen LogP contribution in [0, 0.1) is 0 Å². The minimum Gasteiger partial charge on any atom is -0.444 e. The maximum absolute atomic E-state index is 12.1. The van der Waals surface area contributed by atoms with Crippen molar-refractivity contribution in [1.82, 2.24) is 15.6 Å². The molecular weight excluding hydrogens is 344 g/mol. The lowest BCUT2D eigenvalue weighted by atomic mass is 9.89. The number of pyridine rings is 1. The van der Waals surface area contributed by atoms with E-state index in [1.54, 1.807) is 12.3 Å². The molecular formula is C20H32N4O3. The predicted octanol–water partition coefficient (Wildman–Crippen LogP) is 3.23. The molecule has 0 unspecified atom stereocenters. The fourth-order valence-corrected chi connectivity index (χ4v) is 3.29. The highest BCUT2D eigenvalue weighted by molar-refractivity contribution is 5.99. The molecule has 7 heteroatoms. The molecule has 2 N–H and O–H groups in total. The van der Waals surface area contributed by atoms with Gasteiger partial charge in [-0.1, -0.05) is 13.8 Å². The van der Waals surface area contributed by atoms with Crippen LogP contribution in [-0.2, 0) is 11.3 Å². The molecule has 0 aromatic carbocycles. The van der Waals surface area contributed by atoms with Crippen LogP contribution in [0.1, 0.15) is 70.3 Å². The first kappa shape index (κ1) is 21.0. The van der Waals surface area contributed by atoms with Gasteiger partial charge in [0, 0.05) is 42.5 Å². The van der Waals surface area contributed by atoms with Gasteiger partial charge in [0.1, 0.15) is 11.4 Å². The smallest absolute Gasteiger partial charge is 0.408 e. The Kier molecular flexibility index (Phi) is 6.34. The van der Waals surface area contributed by atoms with Crippen LogP contribution in [0.4, 0.5) is 10.6 Å². The number of ether oxygens (including phenoxy) is 1. The normalized spacial score (nSPS) is 18.0. The first-order valence-electron chi connectivity index (χ1n) is 9.69. The summed E-state index contributed by atoms with van der Waals surface area (Å²) in [5, 5.41) is 5.86. The highest BCUT2D eigenvalue weighted by Crippen LogP contribution is 2.30. The van der Waals surface area contributed by atoms with E-state index in [4.69, 9.17) is 4.74 Å². The molecule has 0 atom stereocenters. The molecule has 2 aliphatic heterocycles. The van der Waals surface area contributed by atoms with Gasteiger partial charge in [-0.3, -0.25) is 4.79 Å². The van der Waals surface area contributed by atoms with Gasteiger partial charge in [-0.05, 0) is 46.6 Å². The minimum absolute atomic E-state index is 0.0351. The average Bonchev–Trinajstić information content (AvgIpc) is 2.97. The molecule has 2 aliphatic rings. The number of carbonyl (C=O) groups is 2. The summed E-state index contributed by atoms with van der Waals surface area (Å²) >= 11 is 0. The van der Waals surface area contributed by atoms with E-state index in [0.29, 0.717) is 12.1 Å². The fraction of sp³-hybridized carbons (Fsp3) is 0.650. The number of nitrogens with zero attached hydrogens (tertiary/aromatic N) is 2. The number of hydrogen-bond donors (Lipinski definition) is 2. The number of aromatic nitrogens is 1. The number of hydrogen-bond acceptors (Lipinski definition) is 5. The maximum Gasteiger partial charge on any atom is 0.408 e. The number of rotatable bonds is 2. The predicted molar refractivity (Wildman–Crippen MR) is 106 cm³/mol. The van der Waals surface area contributed by atoms with E-state index < -0.39 is 5.60 Å². The summed E-state index contributed by atoms with van der Waals surface area (Å²) in [4.78, 5) is 30.6. The van der Waals surface area contributed by atoms with E-state index in [1.165, 1.54) is 0 Å². The summed E-state index contributed by atoms with van der Waals surface area (Å²) in [7, 11) is 0. The van der Waals surface area contributed by atoms with Crippen molar-refractivity contribution in [2.75, 3.05) is 18.0 Å². The van der Waals surface area contributed by atoms with Crippen molar-refractivity contribution in [3.63, 3.8) is 0 Å². The molecule has 0 saturated carbocycles. The molecule has 1 aromatic rings. The molecule has 3 heterocycles. The molecule has 2 amide bonds. The van der Waals surface area contributed by atoms with Crippen LogP contribution in [0.15, 0.2) is 12.3 Å². The average molecular weight is 377 g/mol. The second kappa shape index (κ2) is 8.15. The van der Waals surface area contributed by atoms with Crippen molar-refractivity contribution in [3.05, 3.63) is 23.4 Å². The SMILES string of the molecule is CC.CC1(NC(=O)OC(C)(C)C)CCN(c2nccc3c2CNC3=O)CC1. The second-order valence-corrected chi connectivity index (χ2v) is 8.02. The first-order valence-corrected chi connectivity index (χ1v) is 9.69. The zero-order valence-electron chi connectivity index (χ0n) is 17.3. The summed E-state index contributed by atoms with van der Waals surface area (Å²) in [6.45, 7) is 13.7. The topological polar surface area (TPSA) is 83.6 Å². The Morgan fingerprint density at radius 3 is 2.52 bits per heavy atom. The number of nitrogens with one attached hydrogen (secondary N) is 2. The minimum atomic E-state index is -0.505. The Morgan fingerprint density at radius 2 is 1.93 bits per heavy atom. The molecule has 0 radical (unpaired) electrons. The molecule has 1 fully saturated rings. The maximum atomic E-state index is 12.1. The Bertz CT molecular complexity index is 689. The molecule has 1 saturated heterocycles. The van der Waals surface area contributed by atoms with Gasteiger partial charge < -0.3 is 20.3 Å². The summed E-state index contributed by atoms with van der Waals surface area (Å²) < 4.78 is 5.37. The number of anilines is 1. The lowest BCUT2D eigenvalue weighted by Gasteiger charge is -2.41. The molecule has 3 rings (SSSR count). The van der Waals surface area contributed by atoms with Gasteiger partial charge in [-0.15, -0.1) is 0 Å². The van der Waals surface area contributed by atoms with Crippen LogP contribution in [0.2, 0.25) is 0 Å². The molecule has 27 heavy (non-hydrogen) atoms. The lowest BCUT2D eigenvalue weighted by molar-refractivity contribution is 0.0448. The Labute approximate surface area is 161 Å². The number of carbonyl (C=O) groups excluding carboxylic acids is 2. The molecule has 7 nitrogen and oxygen atoms in total. The molecule has 0 spiro atoms. The third kappa shape index (κ3) is 5.11. The summed E-state index contributed by atoms with van der Waals surface area (Å²) in [6, 6.07) is 1.76. The van der Waals surface area contributed by atoms with Crippen molar-refractivity contribution in [2.45, 2.75) is 72.1 Å². The van der Waals surface area contributed by atoms with Crippen molar-refractivity contribution in [2.24, 2.45) is 0 Å². The van der Waals surface area contributed by atoms with Crippen molar-refractivity contribution in [1.29, 1.82) is 0 Å². The van der Waals surface area contributed by atoms with Crippen LogP contribution < -0.4 is 15.5 Å². The highest BCUT2D eigenvalue weighted by atomic mass is 16.6. The highest BCUT2D eigenvalue weighted by Gasteiger charge is 2.35. The van der Waals surface area contributed by atoms with Crippen molar-refractivity contribution in [3.8, 4) is 0 Å². The number of alkyl carbamates (subject to hydrolysis) is 1. The third-order valence-corrected chi connectivity index (χ3v) is 4.67. The molecule has 150 valence electrons. The Morgan fingerprint density at radius 1 is 1.30 bits per heavy atom. The van der Waals surface area contributed by atoms with Gasteiger partial charge in [0.25, 0.3) is 5.91 Å². The van der Waals surface area contributed by atoms with Crippen LogP contribution in [0.25, 0.3) is 0 Å². The van der Waals surface area contributed by atoms with Crippen molar-refractivity contribution >= 4 is 17.8 Å². The van der Waals surface area contributed by atoms with E-state index >= 15 is 0 Å². The Balaban J connectivity index is 0.00000126. The van der Waals surface area contributed by atoms with Gasteiger partial charge in [0.05, 0.1) is 0 Å². The van der Waals surface area contributed by atoms with Gasteiger partial charge in [0.2, 0.25) is 0 Å². The summed E-state index contributed by atoms with van der Waals surface area (Å²) in [5.41, 5.74) is 0.876. The second-order valence-electron chi connectivity index (χ2n) is 8.02. The van der Waals surface area contributed by atoms with E-state index in [2.05, 4.69) is 20.5 Å². The van der Waals surface area contributed by atoms with E-state index in [-0.39, 0.29) is 17.5 Å². The summed E-state index contributed by atoms with van der Waals surface area (Å²) in [5.74, 6) is 0.835. The van der Waals surface area contributed by atoms with E-state index in [9.17, 15) is 9.59 Å². The van der Waals surface area contributed by atoms with Crippen LogP contribution >= 0.6 is 0 Å². The lowest BCUT2D eigenvalue weighted by Crippen LogP contribution is -2.54. The zero-order valence-corrected chi connectivity index (χ0v) is 17.3. The van der Waals surface area contributed by atoms with Crippen molar-refractivity contribution < 1.29 is 14.3 Å². The largest absolute Gasteiger partial charge is 0.444 e. The fourth-order valence-electron chi connectivity index (χ4n) is 3.29. The van der Waals surface area contributed by atoms with E-state index in [1.807, 2.05) is 41.5 Å². The number of fused-ring (bicyclic) bond motifs is 1. The summed E-state index contributed by atoms with van der Waals surface area (Å²) in [6.07, 6.45) is 2.89. The number of piperidine rings is 1. The standard InChI is InChI=1S/C18H26N4O3.C2H6/c1-17(2,3)25-16(24)21-18(4)6-9-22(10-7-18)14-13-11-20-15(23)12(13)5-8-19-14;1-2/h5,8H,6-7,9-11H2,1-4H3,(H,20,23)(H,21,24);1-2H3. The molecule has 0 bridgehead atoms. The van der Waals surface area contributed by atoms with Crippen LogP contribution in [-0.4, -0.2) is 41.2 Å². The van der Waals surface area contributed by atoms with Gasteiger partial charge in [0.15, 0.2) is 0 Å². The van der Waals surface area contributed by atoms with Gasteiger partial charge >= 0.3 is 6.09 Å². The monoisotopic (exact) mass is 376 g/mol.